The molecule has 4 rings (SSSR count). The number of likely N-dealkylation sites (N-methyl/N-ethyl adjacent to an activating group) is 1. The second-order valence-electron chi connectivity index (χ2n) is 10.7. The van der Waals surface area contributed by atoms with Crippen LogP contribution in [0.3, 0.4) is 0 Å². The lowest BCUT2D eigenvalue weighted by atomic mass is 10.0. The van der Waals surface area contributed by atoms with Gasteiger partial charge in [-0.2, -0.15) is 0 Å². The van der Waals surface area contributed by atoms with Crippen LogP contribution in [0.5, 0.6) is 0 Å². The van der Waals surface area contributed by atoms with Crippen molar-refractivity contribution in [2.45, 2.75) is 51.2 Å². The maximum atomic E-state index is 13.8. The number of H-pyrrole nitrogens is 1. The van der Waals surface area contributed by atoms with E-state index in [1.54, 1.807) is 18.1 Å². The van der Waals surface area contributed by atoms with Gasteiger partial charge >= 0.3 is 0 Å². The van der Waals surface area contributed by atoms with Crippen LogP contribution >= 0.6 is 0 Å². The molecule has 4 N–H and O–H groups in total. The summed E-state index contributed by atoms with van der Waals surface area (Å²) in [5.41, 5.74) is 3.14. The normalized spacial score (nSPS) is 12.2. The van der Waals surface area contributed by atoms with Crippen LogP contribution < -0.4 is 16.0 Å². The highest BCUT2D eigenvalue weighted by molar-refractivity contribution is 6.08. The summed E-state index contributed by atoms with van der Waals surface area (Å²) in [7, 11) is 1.72. The van der Waals surface area contributed by atoms with E-state index in [0.29, 0.717) is 44.3 Å². The van der Waals surface area contributed by atoms with Crippen molar-refractivity contribution >= 4 is 34.5 Å². The van der Waals surface area contributed by atoms with E-state index in [0.717, 1.165) is 22.0 Å². The number of carbonyl (C=O) groups is 4. The van der Waals surface area contributed by atoms with Crippen molar-refractivity contribution in [2.24, 2.45) is 0 Å². The lowest BCUT2D eigenvalue weighted by Crippen LogP contribution is -2.54. The second kappa shape index (κ2) is 15.3. The molecule has 9 heteroatoms. The Morgan fingerprint density at radius 3 is 2.14 bits per heavy atom. The Hall–Kier alpha value is -4.92. The first kappa shape index (κ1) is 31.0. The van der Waals surface area contributed by atoms with Crippen molar-refractivity contribution in [1.29, 1.82) is 0 Å². The molecule has 0 saturated heterocycles. The second-order valence-corrected chi connectivity index (χ2v) is 10.7. The zero-order valence-electron chi connectivity index (χ0n) is 24.6. The summed E-state index contributed by atoms with van der Waals surface area (Å²) >= 11 is 0. The molecule has 0 spiro atoms. The molecule has 0 fully saturated rings. The van der Waals surface area contributed by atoms with Gasteiger partial charge in [0.2, 0.25) is 17.7 Å². The number of aromatic nitrogens is 1. The summed E-state index contributed by atoms with van der Waals surface area (Å²) in [4.78, 5) is 56.9. The topological polar surface area (TPSA) is 123 Å². The van der Waals surface area contributed by atoms with Crippen LogP contribution in [0.2, 0.25) is 0 Å². The minimum absolute atomic E-state index is 0.121. The van der Waals surface area contributed by atoms with Gasteiger partial charge in [-0.05, 0) is 36.5 Å². The summed E-state index contributed by atoms with van der Waals surface area (Å²) in [6, 6.07) is 24.9. The zero-order valence-corrected chi connectivity index (χ0v) is 24.6. The Labute approximate surface area is 252 Å². The molecule has 3 aromatic carbocycles. The van der Waals surface area contributed by atoms with Crippen molar-refractivity contribution in [1.82, 2.24) is 25.8 Å². The van der Waals surface area contributed by atoms with Crippen LogP contribution in [-0.4, -0.2) is 59.2 Å². The molecule has 0 bridgehead atoms. The highest BCUT2D eigenvalue weighted by atomic mass is 16.2. The van der Waals surface area contributed by atoms with Gasteiger partial charge in [-0.3, -0.25) is 19.2 Å². The predicted molar refractivity (Wildman–Crippen MR) is 167 cm³/mol. The van der Waals surface area contributed by atoms with Crippen molar-refractivity contribution in [3.8, 4) is 0 Å². The molecule has 43 heavy (non-hydrogen) atoms. The zero-order chi connectivity index (χ0) is 30.6. The first-order valence-electron chi connectivity index (χ1n) is 14.6. The molecular weight excluding hydrogens is 542 g/mol. The van der Waals surface area contributed by atoms with Gasteiger partial charge in [0, 0.05) is 50.6 Å². The number of aromatic amines is 1. The molecule has 0 aliphatic rings. The van der Waals surface area contributed by atoms with Crippen molar-refractivity contribution < 1.29 is 19.2 Å². The maximum Gasteiger partial charge on any atom is 0.254 e. The van der Waals surface area contributed by atoms with Gasteiger partial charge in [-0.25, -0.2) is 0 Å². The van der Waals surface area contributed by atoms with Crippen LogP contribution in [-0.2, 0) is 27.3 Å². The maximum absolute atomic E-state index is 13.8. The standard InChI is InChI=1S/C34H39N5O4/c1-24(40)35-20-12-11-19-30(37-32(41)28-22-36-29-18-10-9-17-27(28)29)33(42)38-31(21-25-13-5-3-6-14-25)34(43)39(2)23-26-15-7-4-8-16-26/h3-10,13-18,22,30-31,36H,11-12,19-21,23H2,1-2H3,(H,35,40)(H,37,41)(H,38,42)/t30?,31-/m1/s1. The van der Waals surface area contributed by atoms with Gasteiger partial charge in [0.1, 0.15) is 12.1 Å². The number of hydrogen-bond acceptors (Lipinski definition) is 4. The highest BCUT2D eigenvalue weighted by Crippen LogP contribution is 2.18. The molecule has 0 aliphatic heterocycles. The Morgan fingerprint density at radius 1 is 0.791 bits per heavy atom. The van der Waals surface area contributed by atoms with Gasteiger partial charge in [-0.15, -0.1) is 0 Å². The largest absolute Gasteiger partial charge is 0.360 e. The Morgan fingerprint density at radius 2 is 1.44 bits per heavy atom. The Balaban J connectivity index is 1.52. The van der Waals surface area contributed by atoms with Gasteiger partial charge < -0.3 is 25.8 Å². The molecular formula is C34H39N5O4. The SMILES string of the molecule is CC(=O)NCCCCC(NC(=O)c1c[nH]c2ccccc12)C(=O)N[C@H](Cc1ccccc1)C(=O)N(C)Cc1ccccc1. The van der Waals surface area contributed by atoms with Crippen LogP contribution in [0.4, 0.5) is 0 Å². The lowest BCUT2D eigenvalue weighted by Gasteiger charge is -2.27. The summed E-state index contributed by atoms with van der Waals surface area (Å²) in [5.74, 6) is -1.17. The molecule has 0 aliphatic carbocycles. The lowest BCUT2D eigenvalue weighted by molar-refractivity contribution is -0.136. The minimum atomic E-state index is -0.885. The quantitative estimate of drug-likeness (QED) is 0.168. The molecule has 2 atom stereocenters. The Bertz CT molecular complexity index is 1520. The number of fused-ring (bicyclic) bond motifs is 1. The van der Waals surface area contributed by atoms with Crippen molar-refractivity contribution in [2.75, 3.05) is 13.6 Å². The summed E-state index contributed by atoms with van der Waals surface area (Å²) in [5, 5.41) is 9.37. The molecule has 9 nitrogen and oxygen atoms in total. The van der Waals surface area contributed by atoms with Gasteiger partial charge in [0.15, 0.2) is 0 Å². The van der Waals surface area contributed by atoms with Crippen LogP contribution in [0.1, 0.15) is 47.7 Å². The number of amides is 4. The van der Waals surface area contributed by atoms with E-state index in [2.05, 4.69) is 20.9 Å². The molecule has 0 saturated carbocycles. The fraction of sp³-hybridized carbons (Fsp3) is 0.294. The number of unbranched alkanes of at least 4 members (excludes halogenated alkanes) is 1. The van der Waals surface area contributed by atoms with E-state index in [1.807, 2.05) is 84.9 Å². The highest BCUT2D eigenvalue weighted by Gasteiger charge is 2.29. The summed E-state index contributed by atoms with van der Waals surface area (Å²) < 4.78 is 0. The van der Waals surface area contributed by atoms with Crippen molar-refractivity contribution in [3.05, 3.63) is 108 Å². The monoisotopic (exact) mass is 581 g/mol. The number of nitrogens with zero attached hydrogens (tertiary/aromatic N) is 1. The van der Waals surface area contributed by atoms with E-state index in [1.165, 1.54) is 6.92 Å². The first-order valence-corrected chi connectivity index (χ1v) is 14.6. The number of benzene rings is 3. The van der Waals surface area contributed by atoms with Crippen LogP contribution in [0, 0.1) is 0 Å². The number of nitrogens with one attached hydrogen (secondary N) is 4. The van der Waals surface area contributed by atoms with E-state index < -0.39 is 18.0 Å². The third-order valence-electron chi connectivity index (χ3n) is 7.29. The van der Waals surface area contributed by atoms with E-state index >= 15 is 0 Å². The molecule has 1 aromatic heterocycles. The third-order valence-corrected chi connectivity index (χ3v) is 7.29. The van der Waals surface area contributed by atoms with Gasteiger partial charge in [-0.1, -0.05) is 78.9 Å². The van der Waals surface area contributed by atoms with E-state index in [4.69, 9.17) is 0 Å². The molecule has 0 radical (unpaired) electrons. The van der Waals surface area contributed by atoms with Gasteiger partial charge in [0.25, 0.3) is 5.91 Å². The molecule has 1 heterocycles. The number of carbonyl (C=O) groups excluding carboxylic acids is 4. The average Bonchev–Trinajstić information content (AvgIpc) is 3.45. The molecule has 1 unspecified atom stereocenters. The Kier molecular flexibility index (Phi) is 11.1. The number of para-hydroxylation sites is 1. The summed E-state index contributed by atoms with van der Waals surface area (Å²) in [6.45, 7) is 2.32. The molecule has 4 amide bonds. The van der Waals surface area contributed by atoms with Crippen molar-refractivity contribution in [3.63, 3.8) is 0 Å². The average molecular weight is 582 g/mol. The van der Waals surface area contributed by atoms with Gasteiger partial charge in [0.05, 0.1) is 5.56 Å². The van der Waals surface area contributed by atoms with Crippen LogP contribution in [0.25, 0.3) is 10.9 Å². The molecule has 4 aromatic rings. The predicted octanol–water partition coefficient (Wildman–Crippen LogP) is 3.96. The smallest absolute Gasteiger partial charge is 0.254 e. The minimum Gasteiger partial charge on any atom is -0.360 e. The van der Waals surface area contributed by atoms with E-state index in [9.17, 15) is 19.2 Å². The third kappa shape index (κ3) is 9.03. The summed E-state index contributed by atoms with van der Waals surface area (Å²) in [6.07, 6.45) is 3.49. The fourth-order valence-electron chi connectivity index (χ4n) is 5.03. The molecule has 224 valence electrons. The van der Waals surface area contributed by atoms with Crippen LogP contribution in [0.15, 0.2) is 91.1 Å². The number of hydrogen-bond donors (Lipinski definition) is 4. The fourth-order valence-corrected chi connectivity index (χ4v) is 5.03. The number of rotatable bonds is 14. The first-order chi connectivity index (χ1) is 20.8. The van der Waals surface area contributed by atoms with E-state index in [-0.39, 0.29) is 17.7 Å².